The van der Waals surface area contributed by atoms with Crippen LogP contribution in [0.25, 0.3) is 0 Å². The second kappa shape index (κ2) is 17.2. The van der Waals surface area contributed by atoms with E-state index in [1.165, 1.54) is 0 Å². The van der Waals surface area contributed by atoms with Crippen LogP contribution in [0.2, 0.25) is 0 Å². The number of esters is 2. The molecule has 9 nitrogen and oxygen atoms in total. The third kappa shape index (κ3) is 10.5. The van der Waals surface area contributed by atoms with Gasteiger partial charge in [-0.05, 0) is 54.1 Å². The van der Waals surface area contributed by atoms with Gasteiger partial charge in [-0.3, -0.25) is 0 Å². The first kappa shape index (κ1) is 32.7. The Balaban J connectivity index is 1.90. The average molecular weight is 594 g/mol. The van der Waals surface area contributed by atoms with Crippen molar-refractivity contribution >= 4 is 18.0 Å². The Morgan fingerprint density at radius 1 is 0.727 bits per heavy atom. The minimum absolute atomic E-state index is 0.0328. The number of hydrogen-bond acceptors (Lipinski definition) is 8. The first-order chi connectivity index (χ1) is 21.4. The van der Waals surface area contributed by atoms with Gasteiger partial charge in [-0.25, -0.2) is 14.4 Å². The molecule has 0 aromatic heterocycles. The molecule has 3 aromatic rings. The molecule has 0 radical (unpaired) electrons. The van der Waals surface area contributed by atoms with E-state index in [-0.39, 0.29) is 32.7 Å². The van der Waals surface area contributed by atoms with Crippen LogP contribution >= 0.6 is 0 Å². The van der Waals surface area contributed by atoms with Crippen LogP contribution in [-0.4, -0.2) is 51.0 Å². The molecule has 9 heteroatoms. The van der Waals surface area contributed by atoms with Crippen molar-refractivity contribution in [3.05, 3.63) is 95.6 Å². The molecule has 224 valence electrons. The largest absolute Gasteiger partial charge is 0.497 e. The van der Waals surface area contributed by atoms with Crippen molar-refractivity contribution in [3.8, 4) is 47.5 Å². The van der Waals surface area contributed by atoms with Gasteiger partial charge in [0.1, 0.15) is 31.3 Å². The molecule has 0 aliphatic heterocycles. The first-order valence-electron chi connectivity index (χ1n) is 13.4. The predicted octanol–water partition coefficient (Wildman–Crippen LogP) is 4.27. The number of rotatable bonds is 11. The standard InChI is InChI=1S/C35H31NO8/c1-4-32(37)42-24-25-43-33(38)35(22-8-12-27-14-18-30(40-2)19-15-27,23-9-13-28-16-20-31(41-3)21-17-28)36-34(39)44-26-29-10-6-5-7-11-29/h1,5-7,10-11,14-21H,22-26H2,2-3H3,(H,36,39). The number of carbonyl (C=O) groups excluding carboxylic acids is 3. The van der Waals surface area contributed by atoms with Crippen LogP contribution in [0.3, 0.4) is 0 Å². The van der Waals surface area contributed by atoms with Crippen LogP contribution < -0.4 is 14.8 Å². The van der Waals surface area contributed by atoms with E-state index in [4.69, 9.17) is 30.1 Å². The smallest absolute Gasteiger partial charge is 0.408 e. The number of amides is 1. The van der Waals surface area contributed by atoms with E-state index < -0.39 is 23.6 Å². The molecule has 1 N–H and O–H groups in total. The predicted molar refractivity (Wildman–Crippen MR) is 162 cm³/mol. The third-order valence-electron chi connectivity index (χ3n) is 6.04. The third-order valence-corrected chi connectivity index (χ3v) is 6.04. The molecule has 0 bridgehead atoms. The molecular formula is C35H31NO8. The van der Waals surface area contributed by atoms with E-state index in [9.17, 15) is 14.4 Å². The Hall–Kier alpha value is -5.85. The summed E-state index contributed by atoms with van der Waals surface area (Å²) in [6.07, 6.45) is 3.77. The van der Waals surface area contributed by atoms with Crippen molar-refractivity contribution in [2.45, 2.75) is 25.0 Å². The maximum Gasteiger partial charge on any atom is 0.408 e. The Bertz CT molecular complexity index is 1500. The number of ether oxygens (including phenoxy) is 5. The highest BCUT2D eigenvalue weighted by Gasteiger charge is 2.41. The quantitative estimate of drug-likeness (QED) is 0.115. The highest BCUT2D eigenvalue weighted by molar-refractivity contribution is 5.88. The van der Waals surface area contributed by atoms with Gasteiger partial charge in [0.2, 0.25) is 0 Å². The maximum atomic E-state index is 13.6. The molecule has 0 atom stereocenters. The molecule has 3 aromatic carbocycles. The lowest BCUT2D eigenvalue weighted by Crippen LogP contribution is -2.55. The SMILES string of the molecule is C#CC(=O)OCCOC(=O)C(CC#Cc1ccc(OC)cc1)(CC#Cc1ccc(OC)cc1)NC(=O)OCc1ccccc1. The number of terminal acetylenes is 1. The van der Waals surface area contributed by atoms with E-state index in [2.05, 4.69) is 29.0 Å². The molecule has 44 heavy (non-hydrogen) atoms. The van der Waals surface area contributed by atoms with Crippen molar-refractivity contribution in [2.24, 2.45) is 0 Å². The lowest BCUT2D eigenvalue weighted by molar-refractivity contribution is -0.155. The highest BCUT2D eigenvalue weighted by atomic mass is 16.6. The fourth-order valence-corrected chi connectivity index (χ4v) is 3.69. The molecule has 0 unspecified atom stereocenters. The van der Waals surface area contributed by atoms with Gasteiger partial charge in [-0.1, -0.05) is 54.0 Å². The van der Waals surface area contributed by atoms with E-state index in [1.54, 1.807) is 74.9 Å². The van der Waals surface area contributed by atoms with Crippen molar-refractivity contribution in [1.29, 1.82) is 0 Å². The molecular weight excluding hydrogens is 562 g/mol. The van der Waals surface area contributed by atoms with Gasteiger partial charge in [-0.2, -0.15) is 0 Å². The van der Waals surface area contributed by atoms with Crippen LogP contribution in [0, 0.1) is 36.0 Å². The van der Waals surface area contributed by atoms with E-state index in [0.717, 1.165) is 5.56 Å². The maximum absolute atomic E-state index is 13.6. The average Bonchev–Trinajstić information content (AvgIpc) is 3.06. The van der Waals surface area contributed by atoms with Gasteiger partial charge in [-0.15, -0.1) is 6.42 Å². The van der Waals surface area contributed by atoms with E-state index in [0.29, 0.717) is 22.6 Å². The summed E-state index contributed by atoms with van der Waals surface area (Å²) in [5.41, 5.74) is 0.322. The van der Waals surface area contributed by atoms with Gasteiger partial charge in [0.15, 0.2) is 5.54 Å². The van der Waals surface area contributed by atoms with Crippen molar-refractivity contribution < 1.29 is 38.1 Å². The fraction of sp³-hybridized carbons (Fsp3) is 0.229. The number of hydrogen-bond donors (Lipinski definition) is 1. The van der Waals surface area contributed by atoms with Gasteiger partial charge >= 0.3 is 18.0 Å². The number of nitrogens with one attached hydrogen (secondary N) is 1. The van der Waals surface area contributed by atoms with E-state index >= 15 is 0 Å². The Morgan fingerprint density at radius 2 is 1.25 bits per heavy atom. The van der Waals surface area contributed by atoms with Crippen LogP contribution in [0.1, 0.15) is 29.5 Å². The summed E-state index contributed by atoms with van der Waals surface area (Å²) in [7, 11) is 3.12. The number of benzene rings is 3. The first-order valence-corrected chi connectivity index (χ1v) is 13.4. The van der Waals surface area contributed by atoms with Gasteiger partial charge in [0, 0.05) is 29.9 Å². The molecule has 0 spiro atoms. The van der Waals surface area contributed by atoms with Crippen LogP contribution in [-0.2, 0) is 30.4 Å². The number of methoxy groups -OCH3 is 2. The fourth-order valence-electron chi connectivity index (χ4n) is 3.69. The summed E-state index contributed by atoms with van der Waals surface area (Å²) in [6.45, 7) is -0.625. The summed E-state index contributed by atoms with van der Waals surface area (Å²) in [6, 6.07) is 23.1. The summed E-state index contributed by atoms with van der Waals surface area (Å²) < 4.78 is 26.0. The second-order valence-electron chi connectivity index (χ2n) is 9.10. The molecule has 0 fully saturated rings. The zero-order chi connectivity index (χ0) is 31.6. The van der Waals surface area contributed by atoms with E-state index in [1.807, 2.05) is 24.1 Å². The Labute approximate surface area is 256 Å². The van der Waals surface area contributed by atoms with Crippen LogP contribution in [0.5, 0.6) is 11.5 Å². The molecule has 0 aliphatic carbocycles. The zero-order valence-electron chi connectivity index (χ0n) is 24.4. The highest BCUT2D eigenvalue weighted by Crippen LogP contribution is 2.20. The normalized spacial score (nSPS) is 9.93. The lowest BCUT2D eigenvalue weighted by Gasteiger charge is -2.28. The molecule has 3 rings (SSSR count). The summed E-state index contributed by atoms with van der Waals surface area (Å²) >= 11 is 0. The van der Waals surface area contributed by atoms with Crippen LogP contribution in [0.15, 0.2) is 78.9 Å². The number of carbonyl (C=O) groups is 3. The summed E-state index contributed by atoms with van der Waals surface area (Å²) in [4.78, 5) is 37.9. The molecule has 1 amide bonds. The zero-order valence-corrected chi connectivity index (χ0v) is 24.4. The molecule has 0 heterocycles. The summed E-state index contributed by atoms with van der Waals surface area (Å²) in [5, 5.41) is 2.65. The lowest BCUT2D eigenvalue weighted by atomic mass is 9.91. The number of alkyl carbamates (subject to hydrolysis) is 1. The monoisotopic (exact) mass is 593 g/mol. The van der Waals surface area contributed by atoms with Gasteiger partial charge < -0.3 is 29.0 Å². The van der Waals surface area contributed by atoms with Gasteiger partial charge in [0.05, 0.1) is 14.2 Å². The Morgan fingerprint density at radius 3 is 1.75 bits per heavy atom. The van der Waals surface area contributed by atoms with Gasteiger partial charge in [0.25, 0.3) is 0 Å². The van der Waals surface area contributed by atoms with Crippen molar-refractivity contribution in [3.63, 3.8) is 0 Å². The van der Waals surface area contributed by atoms with Crippen molar-refractivity contribution in [2.75, 3.05) is 27.4 Å². The molecule has 0 saturated carbocycles. The molecule has 0 aliphatic rings. The molecule has 0 saturated heterocycles. The second-order valence-corrected chi connectivity index (χ2v) is 9.10. The summed E-state index contributed by atoms with van der Waals surface area (Å²) in [5.74, 6) is 13.3. The minimum atomic E-state index is -1.75. The topological polar surface area (TPSA) is 109 Å². The minimum Gasteiger partial charge on any atom is -0.497 e. The Kier molecular flexibility index (Phi) is 12.8. The van der Waals surface area contributed by atoms with Crippen LogP contribution in [0.4, 0.5) is 4.79 Å². The van der Waals surface area contributed by atoms with Crippen molar-refractivity contribution in [1.82, 2.24) is 5.32 Å².